The molecule has 2 amide bonds. The average molecular weight is 488 g/mol. The van der Waals surface area contributed by atoms with Gasteiger partial charge in [-0.05, 0) is 56.3 Å². The first-order chi connectivity index (χ1) is 13.3. The molecular weight excluding hydrogens is 471 g/mol. The summed E-state index contributed by atoms with van der Waals surface area (Å²) in [5, 5.41) is 0. The molecule has 1 heterocycles. The van der Waals surface area contributed by atoms with Crippen LogP contribution in [-0.4, -0.2) is 23.1 Å². The van der Waals surface area contributed by atoms with Crippen LogP contribution in [-0.2, 0) is 14.3 Å². The molecule has 0 aromatic heterocycles. The molecule has 0 N–H and O–H groups in total. The fraction of sp³-hybridized carbons (Fsp3) is 0.300. The summed E-state index contributed by atoms with van der Waals surface area (Å²) in [7, 11) is 0. The molecule has 2 aromatic rings. The van der Waals surface area contributed by atoms with Gasteiger partial charge in [-0.2, -0.15) is 13.2 Å². The van der Waals surface area contributed by atoms with Gasteiger partial charge in [0.05, 0.1) is 5.69 Å². The minimum atomic E-state index is -4.74. The van der Waals surface area contributed by atoms with Crippen molar-refractivity contribution in [3.05, 3.63) is 64.1 Å². The summed E-state index contributed by atoms with van der Waals surface area (Å²) < 4.78 is 44.6. The van der Waals surface area contributed by atoms with E-state index in [1.807, 2.05) is 0 Å². The first kappa shape index (κ1) is 21.7. The quantitative estimate of drug-likeness (QED) is 0.503. The Labute approximate surface area is 178 Å². The van der Waals surface area contributed by atoms with Gasteiger partial charge in [-0.3, -0.25) is 4.79 Å². The number of benzene rings is 2. The highest BCUT2D eigenvalue weighted by Gasteiger charge is 2.60. The Morgan fingerprint density at radius 3 is 2.34 bits per heavy atom. The number of rotatable bonds is 2. The lowest BCUT2D eigenvalue weighted by Gasteiger charge is -2.30. The van der Waals surface area contributed by atoms with Crippen LogP contribution in [0.5, 0.6) is 0 Å². The van der Waals surface area contributed by atoms with Gasteiger partial charge in [-0.1, -0.05) is 46.3 Å². The molecule has 0 fully saturated rings. The van der Waals surface area contributed by atoms with E-state index in [4.69, 9.17) is 4.74 Å². The first-order valence-corrected chi connectivity index (χ1v) is 10.2. The van der Waals surface area contributed by atoms with Gasteiger partial charge >= 0.3 is 11.6 Å². The van der Waals surface area contributed by atoms with Gasteiger partial charge < -0.3 is 4.74 Å². The monoisotopic (exact) mass is 487 g/mol. The zero-order valence-electron chi connectivity index (χ0n) is 15.7. The maximum absolute atomic E-state index is 13.7. The third kappa shape index (κ3) is 4.16. The van der Waals surface area contributed by atoms with E-state index in [1.54, 1.807) is 39.0 Å². The predicted molar refractivity (Wildman–Crippen MR) is 109 cm³/mol. The van der Waals surface area contributed by atoms with Gasteiger partial charge in [0.2, 0.25) is 0 Å². The molecular formula is C20H17BrF3NO3S. The summed E-state index contributed by atoms with van der Waals surface area (Å²) in [6, 6.07) is 12.0. The van der Waals surface area contributed by atoms with Gasteiger partial charge in [0.25, 0.3) is 5.91 Å². The Morgan fingerprint density at radius 2 is 1.76 bits per heavy atom. The molecule has 2 aromatic carbocycles. The Morgan fingerprint density at radius 1 is 1.10 bits per heavy atom. The smallest absolute Gasteiger partial charge is 0.443 e. The molecule has 0 radical (unpaired) electrons. The number of fused-ring (bicyclic) bond motifs is 1. The third-order valence-electron chi connectivity index (χ3n) is 4.10. The van der Waals surface area contributed by atoms with E-state index >= 15 is 0 Å². The van der Waals surface area contributed by atoms with Crippen LogP contribution in [0, 0.1) is 0 Å². The highest BCUT2D eigenvalue weighted by Crippen LogP contribution is 2.58. The van der Waals surface area contributed by atoms with Crippen molar-refractivity contribution in [1.82, 2.24) is 0 Å². The van der Waals surface area contributed by atoms with Gasteiger partial charge in [-0.15, -0.1) is 0 Å². The Bertz CT molecular complexity index is 974. The van der Waals surface area contributed by atoms with Crippen molar-refractivity contribution >= 4 is 45.4 Å². The van der Waals surface area contributed by atoms with Crippen LogP contribution in [0.2, 0.25) is 0 Å². The fourth-order valence-electron chi connectivity index (χ4n) is 3.15. The summed E-state index contributed by atoms with van der Waals surface area (Å²) in [5.41, 5.74) is -5.41. The van der Waals surface area contributed by atoms with Crippen LogP contribution in [0.1, 0.15) is 31.9 Å². The van der Waals surface area contributed by atoms with Gasteiger partial charge in [0, 0.05) is 10.0 Å². The predicted octanol–water partition coefficient (Wildman–Crippen LogP) is 6.23. The van der Waals surface area contributed by atoms with Crippen molar-refractivity contribution in [3.8, 4) is 0 Å². The Kier molecular flexibility index (Phi) is 5.51. The number of thioether (sulfide) groups is 1. The molecule has 1 atom stereocenters. The second-order valence-electron chi connectivity index (χ2n) is 7.38. The number of hydrogen-bond acceptors (Lipinski definition) is 4. The van der Waals surface area contributed by atoms with Gasteiger partial charge in [-0.25, -0.2) is 9.69 Å². The van der Waals surface area contributed by atoms with E-state index in [0.717, 1.165) is 0 Å². The summed E-state index contributed by atoms with van der Waals surface area (Å²) in [5.74, 6) is -1.02. The van der Waals surface area contributed by atoms with Crippen molar-refractivity contribution in [2.45, 2.75) is 36.6 Å². The van der Waals surface area contributed by atoms with Crippen LogP contribution in [0.25, 0.3) is 0 Å². The van der Waals surface area contributed by atoms with E-state index in [2.05, 4.69) is 15.9 Å². The summed E-state index contributed by atoms with van der Waals surface area (Å²) in [6.45, 7) is 4.84. The number of hydrogen-bond donors (Lipinski definition) is 0. The highest BCUT2D eigenvalue weighted by molar-refractivity contribution is 9.10. The van der Waals surface area contributed by atoms with Crippen molar-refractivity contribution in [1.29, 1.82) is 0 Å². The molecule has 1 aliphatic rings. The van der Waals surface area contributed by atoms with Gasteiger partial charge in [0.15, 0.2) is 4.75 Å². The molecule has 4 nitrogen and oxygen atoms in total. The number of nitrogens with zero attached hydrogens (tertiary/aromatic N) is 1. The van der Waals surface area contributed by atoms with Crippen LogP contribution in [0.3, 0.4) is 0 Å². The lowest BCUT2D eigenvalue weighted by molar-refractivity contribution is -0.119. The van der Waals surface area contributed by atoms with Crippen LogP contribution in [0.15, 0.2) is 53.0 Å². The number of carbonyl (C=O) groups is 2. The lowest BCUT2D eigenvalue weighted by atomic mass is 9.91. The number of alkyl halides is 3. The lowest BCUT2D eigenvalue weighted by Crippen LogP contribution is -2.45. The van der Waals surface area contributed by atoms with E-state index in [9.17, 15) is 22.8 Å². The van der Waals surface area contributed by atoms with E-state index in [1.165, 1.54) is 30.3 Å². The number of carbonyl (C=O) groups excluding carboxylic acids is 2. The molecule has 0 unspecified atom stereocenters. The molecule has 3 rings (SSSR count). The Hall–Kier alpha value is -2.00. The van der Waals surface area contributed by atoms with Crippen LogP contribution in [0.4, 0.5) is 23.7 Å². The van der Waals surface area contributed by atoms with Crippen molar-refractivity contribution in [2.75, 3.05) is 4.90 Å². The molecule has 9 heteroatoms. The van der Waals surface area contributed by atoms with Crippen LogP contribution < -0.4 is 4.90 Å². The van der Waals surface area contributed by atoms with Crippen molar-refractivity contribution < 1.29 is 27.5 Å². The summed E-state index contributed by atoms with van der Waals surface area (Å²) in [6.07, 6.45) is -1.02. The average Bonchev–Trinajstić information content (AvgIpc) is 2.81. The second-order valence-corrected chi connectivity index (χ2v) is 9.57. The minimum Gasteiger partial charge on any atom is -0.443 e. The minimum absolute atomic E-state index is 0.0727. The maximum Gasteiger partial charge on any atom is 0.443 e. The second kappa shape index (κ2) is 7.36. The molecule has 0 bridgehead atoms. The van der Waals surface area contributed by atoms with E-state index < -0.39 is 39.6 Å². The SMILES string of the molecule is CC(C)(C)OC(=O)N1C(=O)[C@](SC(F)(F)F)(c2cccc(Br)c2)c2ccccc21. The molecule has 0 spiro atoms. The number of imide groups is 1. The molecule has 1 aliphatic heterocycles. The van der Waals surface area contributed by atoms with E-state index in [0.29, 0.717) is 9.37 Å². The Balaban J connectivity index is 2.26. The molecule has 0 saturated heterocycles. The summed E-state index contributed by atoms with van der Waals surface area (Å²) in [4.78, 5) is 27.0. The molecule has 0 aliphatic carbocycles. The number of halogens is 4. The molecule has 154 valence electrons. The molecule has 29 heavy (non-hydrogen) atoms. The summed E-state index contributed by atoms with van der Waals surface area (Å²) >= 11 is 2.79. The maximum atomic E-state index is 13.7. The third-order valence-corrected chi connectivity index (χ3v) is 5.77. The van der Waals surface area contributed by atoms with Crippen LogP contribution >= 0.6 is 27.7 Å². The molecule has 0 saturated carbocycles. The zero-order valence-corrected chi connectivity index (χ0v) is 18.1. The van der Waals surface area contributed by atoms with E-state index in [-0.39, 0.29) is 16.8 Å². The topological polar surface area (TPSA) is 46.6 Å². The van der Waals surface area contributed by atoms with Gasteiger partial charge in [0.1, 0.15) is 5.60 Å². The zero-order chi connectivity index (χ0) is 21.6. The van der Waals surface area contributed by atoms with Crippen molar-refractivity contribution in [2.24, 2.45) is 0 Å². The number of amides is 2. The normalized spacial score (nSPS) is 19.3. The van der Waals surface area contributed by atoms with Crippen molar-refractivity contribution in [3.63, 3.8) is 0 Å². The number of ether oxygens (including phenoxy) is 1. The number of anilines is 1. The standard InChI is InChI=1S/C20H17BrF3NO3S/c1-18(2,3)28-17(27)25-15-10-5-4-9-14(15)19(16(25)26,29-20(22,23)24)12-7-6-8-13(21)11-12/h4-11H,1-3H3/t19-/m0/s1. The largest absolute Gasteiger partial charge is 0.443 e. The first-order valence-electron chi connectivity index (χ1n) is 8.55. The number of para-hydroxylation sites is 1. The highest BCUT2D eigenvalue weighted by atomic mass is 79.9. The fourth-order valence-corrected chi connectivity index (χ4v) is 4.61.